The topological polar surface area (TPSA) is 40.5 Å². The molecule has 15 heavy (non-hydrogen) atoms. The van der Waals surface area contributed by atoms with Gasteiger partial charge in [-0.15, -0.1) is 0 Å². The van der Waals surface area contributed by atoms with Gasteiger partial charge in [0.1, 0.15) is 0 Å². The van der Waals surface area contributed by atoms with Crippen molar-refractivity contribution in [2.45, 2.75) is 38.1 Å². The second kappa shape index (κ2) is 4.34. The average Bonchev–Trinajstić information content (AvgIpc) is 3.09. The Hall–Kier alpha value is -0.220. The van der Waals surface area contributed by atoms with E-state index in [0.717, 1.165) is 31.4 Å². The minimum absolute atomic E-state index is 0.0795. The molecule has 0 aliphatic heterocycles. The molecule has 2 rings (SSSR count). The number of aliphatic hydroxyl groups is 1. The summed E-state index contributed by atoms with van der Waals surface area (Å²) in [5.74, 6) is 1.04. The van der Waals surface area contributed by atoms with Crippen LogP contribution in [0.2, 0.25) is 0 Å². The lowest BCUT2D eigenvalue weighted by Crippen LogP contribution is -2.37. The van der Waals surface area contributed by atoms with Crippen LogP contribution in [-0.2, 0) is 4.79 Å². The molecule has 86 valence electrons. The lowest BCUT2D eigenvalue weighted by atomic mass is 10.0. The third-order valence-corrected chi connectivity index (χ3v) is 4.14. The normalized spacial score (nSPS) is 22.5. The van der Waals surface area contributed by atoms with Crippen LogP contribution in [0.1, 0.15) is 32.1 Å². The first kappa shape index (κ1) is 11.3. The fraction of sp³-hybridized carbons (Fsp3) is 0.909. The Balaban J connectivity index is 1.87. The van der Waals surface area contributed by atoms with Gasteiger partial charge in [-0.1, -0.05) is 0 Å². The van der Waals surface area contributed by atoms with Crippen LogP contribution in [-0.4, -0.2) is 40.9 Å². The quantitative estimate of drug-likeness (QED) is 0.669. The Morgan fingerprint density at radius 3 is 2.53 bits per heavy atom. The molecular weight excluding hydrogens is 210 g/mol. The molecule has 2 fully saturated rings. The molecule has 2 aliphatic rings. The number of hydrogen-bond donors (Lipinski definition) is 2. The van der Waals surface area contributed by atoms with Gasteiger partial charge in [-0.05, 0) is 36.9 Å². The first-order chi connectivity index (χ1) is 7.21. The molecule has 0 atom stereocenters. The van der Waals surface area contributed by atoms with Gasteiger partial charge in [-0.3, -0.25) is 4.79 Å². The summed E-state index contributed by atoms with van der Waals surface area (Å²) in [4.78, 5) is 13.9. The SMILES string of the molecule is O=C(CC1(CS)CC1)N(CCO)C1CC1. The average molecular weight is 229 g/mol. The van der Waals surface area contributed by atoms with Crippen LogP contribution < -0.4 is 0 Å². The van der Waals surface area contributed by atoms with Gasteiger partial charge in [0, 0.05) is 19.0 Å². The van der Waals surface area contributed by atoms with Gasteiger partial charge in [-0.2, -0.15) is 12.6 Å². The summed E-state index contributed by atoms with van der Waals surface area (Å²) in [6.45, 7) is 0.586. The molecule has 0 aromatic heterocycles. The molecule has 2 aliphatic carbocycles. The predicted octanol–water partition coefficient (Wildman–Crippen LogP) is 1.07. The van der Waals surface area contributed by atoms with Crippen molar-refractivity contribution in [3.8, 4) is 0 Å². The molecule has 3 nitrogen and oxygen atoms in total. The lowest BCUT2D eigenvalue weighted by Gasteiger charge is -2.23. The third-order valence-electron chi connectivity index (χ3n) is 3.47. The number of aliphatic hydroxyl groups excluding tert-OH is 1. The highest BCUT2D eigenvalue weighted by atomic mass is 32.1. The van der Waals surface area contributed by atoms with E-state index in [1.807, 2.05) is 4.90 Å². The van der Waals surface area contributed by atoms with Crippen LogP contribution >= 0.6 is 12.6 Å². The number of amides is 1. The van der Waals surface area contributed by atoms with Gasteiger partial charge >= 0.3 is 0 Å². The second-order valence-corrected chi connectivity index (χ2v) is 5.19. The molecule has 0 heterocycles. The van der Waals surface area contributed by atoms with E-state index in [4.69, 9.17) is 5.11 Å². The van der Waals surface area contributed by atoms with E-state index in [2.05, 4.69) is 12.6 Å². The van der Waals surface area contributed by atoms with E-state index in [-0.39, 0.29) is 17.9 Å². The number of carbonyl (C=O) groups is 1. The molecule has 4 heteroatoms. The molecule has 0 unspecified atom stereocenters. The van der Waals surface area contributed by atoms with Crippen molar-refractivity contribution in [2.24, 2.45) is 5.41 Å². The zero-order chi connectivity index (χ0) is 10.9. The van der Waals surface area contributed by atoms with Crippen molar-refractivity contribution < 1.29 is 9.90 Å². The number of rotatable bonds is 6. The molecular formula is C11H19NO2S. The van der Waals surface area contributed by atoms with Crippen molar-refractivity contribution in [2.75, 3.05) is 18.9 Å². The van der Waals surface area contributed by atoms with Crippen LogP contribution in [0.25, 0.3) is 0 Å². The number of hydrogen-bond acceptors (Lipinski definition) is 3. The molecule has 0 aromatic rings. The minimum atomic E-state index is 0.0795. The highest BCUT2D eigenvalue weighted by Crippen LogP contribution is 2.50. The Morgan fingerprint density at radius 1 is 1.47 bits per heavy atom. The Labute approximate surface area is 96.2 Å². The second-order valence-electron chi connectivity index (χ2n) is 4.88. The Bertz CT molecular complexity index is 249. The lowest BCUT2D eigenvalue weighted by molar-refractivity contribution is -0.133. The van der Waals surface area contributed by atoms with Crippen molar-refractivity contribution in [1.29, 1.82) is 0 Å². The predicted molar refractivity (Wildman–Crippen MR) is 62.0 cm³/mol. The summed E-state index contributed by atoms with van der Waals surface area (Å²) in [7, 11) is 0. The van der Waals surface area contributed by atoms with Crippen molar-refractivity contribution in [1.82, 2.24) is 4.90 Å². The molecule has 1 amide bonds. The zero-order valence-corrected chi connectivity index (χ0v) is 9.88. The Kier molecular flexibility index (Phi) is 3.26. The molecule has 0 saturated heterocycles. The summed E-state index contributed by atoms with van der Waals surface area (Å²) >= 11 is 4.31. The molecule has 0 radical (unpaired) electrons. The minimum Gasteiger partial charge on any atom is -0.395 e. The molecule has 1 N–H and O–H groups in total. The largest absolute Gasteiger partial charge is 0.395 e. The van der Waals surface area contributed by atoms with Gasteiger partial charge in [0.2, 0.25) is 5.91 Å². The maximum absolute atomic E-state index is 12.0. The zero-order valence-electron chi connectivity index (χ0n) is 8.98. The van der Waals surface area contributed by atoms with Gasteiger partial charge in [-0.25, -0.2) is 0 Å². The van der Waals surface area contributed by atoms with Crippen LogP contribution in [0.5, 0.6) is 0 Å². The van der Waals surface area contributed by atoms with E-state index in [1.54, 1.807) is 0 Å². The Morgan fingerprint density at radius 2 is 2.13 bits per heavy atom. The van der Waals surface area contributed by atoms with Crippen LogP contribution in [0.4, 0.5) is 0 Å². The maximum Gasteiger partial charge on any atom is 0.223 e. The van der Waals surface area contributed by atoms with Crippen LogP contribution in [0, 0.1) is 5.41 Å². The van der Waals surface area contributed by atoms with Crippen LogP contribution in [0.3, 0.4) is 0 Å². The fourth-order valence-corrected chi connectivity index (χ4v) is 2.42. The van der Waals surface area contributed by atoms with Gasteiger partial charge in [0.25, 0.3) is 0 Å². The molecule has 0 bridgehead atoms. The standard InChI is InChI=1S/C11H19NO2S/c13-6-5-12(9-1-2-9)10(14)7-11(8-15)3-4-11/h9,13,15H,1-8H2. The number of thiol groups is 1. The van der Waals surface area contributed by atoms with E-state index >= 15 is 0 Å². The van der Waals surface area contributed by atoms with E-state index < -0.39 is 0 Å². The highest BCUT2D eigenvalue weighted by Gasteiger charge is 2.45. The number of carbonyl (C=O) groups excluding carboxylic acids is 1. The molecule has 0 spiro atoms. The summed E-state index contributed by atoms with van der Waals surface area (Å²) in [5.41, 5.74) is 0.197. The first-order valence-electron chi connectivity index (χ1n) is 5.72. The molecule has 2 saturated carbocycles. The van der Waals surface area contributed by atoms with Crippen molar-refractivity contribution in [3.63, 3.8) is 0 Å². The monoisotopic (exact) mass is 229 g/mol. The summed E-state index contributed by atoms with van der Waals surface area (Å²) in [6, 6.07) is 0.417. The highest BCUT2D eigenvalue weighted by molar-refractivity contribution is 7.80. The van der Waals surface area contributed by atoms with E-state index in [9.17, 15) is 4.79 Å². The van der Waals surface area contributed by atoms with Crippen LogP contribution in [0.15, 0.2) is 0 Å². The first-order valence-corrected chi connectivity index (χ1v) is 6.35. The molecule has 0 aromatic carbocycles. The summed E-state index contributed by atoms with van der Waals surface area (Å²) in [5, 5.41) is 8.92. The van der Waals surface area contributed by atoms with E-state index in [0.29, 0.717) is 19.0 Å². The van der Waals surface area contributed by atoms with Crippen molar-refractivity contribution in [3.05, 3.63) is 0 Å². The summed E-state index contributed by atoms with van der Waals surface area (Å²) < 4.78 is 0. The smallest absolute Gasteiger partial charge is 0.223 e. The van der Waals surface area contributed by atoms with Gasteiger partial charge in [0.05, 0.1) is 6.61 Å². The number of nitrogens with zero attached hydrogens (tertiary/aromatic N) is 1. The van der Waals surface area contributed by atoms with Crippen molar-refractivity contribution >= 4 is 18.5 Å². The summed E-state index contributed by atoms with van der Waals surface area (Å²) in [6.07, 6.45) is 5.13. The fourth-order valence-electron chi connectivity index (χ4n) is 1.99. The van der Waals surface area contributed by atoms with E-state index in [1.165, 1.54) is 0 Å². The third kappa shape index (κ3) is 2.67. The van der Waals surface area contributed by atoms with Gasteiger partial charge in [0.15, 0.2) is 0 Å². The maximum atomic E-state index is 12.0. The van der Waals surface area contributed by atoms with Gasteiger partial charge < -0.3 is 10.0 Å².